The van der Waals surface area contributed by atoms with Crippen molar-refractivity contribution >= 4 is 16.7 Å². The predicted molar refractivity (Wildman–Crippen MR) is 68.2 cm³/mol. The Morgan fingerprint density at radius 1 is 1.11 bits per heavy atom. The number of halogens is 2. The second-order valence-corrected chi connectivity index (χ2v) is 4.14. The molecular weight excluding hydrogens is 252 g/mol. The smallest absolute Gasteiger partial charge is 0.331 e. The maximum absolute atomic E-state index is 13.8. The van der Waals surface area contributed by atoms with Crippen molar-refractivity contribution in [2.45, 2.75) is 0 Å². The summed E-state index contributed by atoms with van der Waals surface area (Å²) >= 11 is 0. The molecule has 0 fully saturated rings. The molecule has 0 amide bonds. The summed E-state index contributed by atoms with van der Waals surface area (Å²) in [6, 6.07) is 7.67. The monoisotopic (exact) mass is 261 g/mol. The average molecular weight is 261 g/mol. The van der Waals surface area contributed by atoms with Crippen LogP contribution in [0.25, 0.3) is 16.7 Å². The van der Waals surface area contributed by atoms with Crippen LogP contribution < -0.4 is 11.4 Å². The highest BCUT2D eigenvalue weighted by Gasteiger charge is 2.13. The van der Waals surface area contributed by atoms with Gasteiger partial charge in [-0.25, -0.2) is 13.6 Å². The lowest BCUT2D eigenvalue weighted by Crippen LogP contribution is -2.16. The predicted octanol–water partition coefficient (Wildman–Crippen LogP) is 2.18. The standard InChI is InChI=1S/C13H9F2N3O/c14-7-1-3-9(15)12(5-7)18-11-4-2-8(16)6-10(11)17-13(18)19/h1-6H,16H2,(H,17,19). The zero-order valence-corrected chi connectivity index (χ0v) is 9.65. The number of rotatable bonds is 1. The lowest BCUT2D eigenvalue weighted by molar-refractivity contribution is 0.592. The minimum absolute atomic E-state index is 0.138. The van der Waals surface area contributed by atoms with Crippen molar-refractivity contribution in [1.29, 1.82) is 0 Å². The normalized spacial score (nSPS) is 11.1. The second-order valence-electron chi connectivity index (χ2n) is 4.14. The molecule has 3 aromatic rings. The van der Waals surface area contributed by atoms with E-state index in [-0.39, 0.29) is 5.69 Å². The van der Waals surface area contributed by atoms with Gasteiger partial charge < -0.3 is 10.7 Å². The number of benzene rings is 2. The zero-order chi connectivity index (χ0) is 13.6. The highest BCUT2D eigenvalue weighted by Crippen LogP contribution is 2.20. The van der Waals surface area contributed by atoms with E-state index in [1.165, 1.54) is 0 Å². The van der Waals surface area contributed by atoms with Gasteiger partial charge in [0.05, 0.1) is 16.7 Å². The van der Waals surface area contributed by atoms with Crippen molar-refractivity contribution in [2.24, 2.45) is 0 Å². The first kappa shape index (κ1) is 11.5. The van der Waals surface area contributed by atoms with Crippen molar-refractivity contribution in [2.75, 3.05) is 5.73 Å². The molecule has 1 aromatic heterocycles. The van der Waals surface area contributed by atoms with Gasteiger partial charge in [0.25, 0.3) is 0 Å². The van der Waals surface area contributed by atoms with E-state index in [9.17, 15) is 13.6 Å². The minimum atomic E-state index is -0.679. The van der Waals surface area contributed by atoms with Crippen LogP contribution in [0.3, 0.4) is 0 Å². The molecule has 0 radical (unpaired) electrons. The van der Waals surface area contributed by atoms with Crippen molar-refractivity contribution in [1.82, 2.24) is 9.55 Å². The number of nitrogens with zero attached hydrogens (tertiary/aromatic N) is 1. The Labute approximate surface area is 106 Å². The molecule has 96 valence electrons. The van der Waals surface area contributed by atoms with Crippen LogP contribution in [-0.2, 0) is 0 Å². The van der Waals surface area contributed by atoms with E-state index in [0.29, 0.717) is 16.7 Å². The Hall–Kier alpha value is -2.63. The Morgan fingerprint density at radius 3 is 2.68 bits per heavy atom. The number of anilines is 1. The molecule has 3 N–H and O–H groups in total. The van der Waals surface area contributed by atoms with Gasteiger partial charge in [0, 0.05) is 11.8 Å². The highest BCUT2D eigenvalue weighted by molar-refractivity contribution is 5.80. The van der Waals surface area contributed by atoms with Crippen molar-refractivity contribution in [3.8, 4) is 5.69 Å². The molecule has 19 heavy (non-hydrogen) atoms. The van der Waals surface area contributed by atoms with Gasteiger partial charge in [-0.1, -0.05) is 0 Å². The van der Waals surface area contributed by atoms with E-state index in [0.717, 1.165) is 22.8 Å². The zero-order valence-electron chi connectivity index (χ0n) is 9.65. The molecular formula is C13H9F2N3O. The van der Waals surface area contributed by atoms with Crippen molar-refractivity contribution < 1.29 is 8.78 Å². The van der Waals surface area contributed by atoms with Crippen LogP contribution in [0.15, 0.2) is 41.2 Å². The van der Waals surface area contributed by atoms with Gasteiger partial charge in [-0.05, 0) is 30.3 Å². The van der Waals surface area contributed by atoms with Crippen LogP contribution in [0.5, 0.6) is 0 Å². The lowest BCUT2D eigenvalue weighted by atomic mass is 10.2. The molecule has 0 saturated carbocycles. The molecule has 0 aliphatic rings. The molecule has 4 nitrogen and oxygen atoms in total. The third-order valence-electron chi connectivity index (χ3n) is 2.86. The molecule has 6 heteroatoms. The summed E-state index contributed by atoms with van der Waals surface area (Å²) in [6.07, 6.45) is 0. The first-order valence-electron chi connectivity index (χ1n) is 5.52. The van der Waals surface area contributed by atoms with Crippen LogP contribution in [0.2, 0.25) is 0 Å². The molecule has 0 bridgehead atoms. The third-order valence-corrected chi connectivity index (χ3v) is 2.86. The number of nitrogens with two attached hydrogens (primary N) is 1. The Balaban J connectivity index is 2.39. The first-order valence-corrected chi connectivity index (χ1v) is 5.52. The summed E-state index contributed by atoms with van der Waals surface area (Å²) in [5.41, 5.74) is 6.29. The summed E-state index contributed by atoms with van der Waals surface area (Å²) in [6.45, 7) is 0. The van der Waals surface area contributed by atoms with Gasteiger partial charge in [0.1, 0.15) is 11.6 Å². The second kappa shape index (κ2) is 3.94. The SMILES string of the molecule is Nc1ccc2c(c1)[nH]c(=O)n2-c1cc(F)ccc1F. The average Bonchev–Trinajstić information content (AvgIpc) is 2.67. The van der Waals surface area contributed by atoms with E-state index in [4.69, 9.17) is 5.73 Å². The Kier molecular flexibility index (Phi) is 2.38. The first-order chi connectivity index (χ1) is 9.06. The quantitative estimate of drug-likeness (QED) is 0.659. The van der Waals surface area contributed by atoms with E-state index >= 15 is 0 Å². The number of hydrogen-bond acceptors (Lipinski definition) is 2. The molecule has 2 aromatic carbocycles. The van der Waals surface area contributed by atoms with Gasteiger partial charge in [-0.3, -0.25) is 4.57 Å². The van der Waals surface area contributed by atoms with E-state index < -0.39 is 17.3 Å². The Morgan fingerprint density at radius 2 is 1.89 bits per heavy atom. The van der Waals surface area contributed by atoms with Crippen LogP contribution in [-0.4, -0.2) is 9.55 Å². The van der Waals surface area contributed by atoms with Crippen molar-refractivity contribution in [3.63, 3.8) is 0 Å². The maximum Gasteiger partial charge on any atom is 0.331 e. The van der Waals surface area contributed by atoms with Crippen LogP contribution in [0, 0.1) is 11.6 Å². The fraction of sp³-hybridized carbons (Fsp3) is 0. The summed E-state index contributed by atoms with van der Waals surface area (Å²) in [5, 5.41) is 0. The van der Waals surface area contributed by atoms with E-state index in [1.807, 2.05) is 0 Å². The van der Waals surface area contributed by atoms with Crippen molar-refractivity contribution in [3.05, 3.63) is 58.5 Å². The molecule has 0 aliphatic heterocycles. The number of nitrogen functional groups attached to an aromatic ring is 1. The molecule has 0 spiro atoms. The maximum atomic E-state index is 13.8. The summed E-state index contributed by atoms with van der Waals surface area (Å²) in [5.74, 6) is -1.30. The molecule has 1 heterocycles. The van der Waals surface area contributed by atoms with Gasteiger partial charge in [0.2, 0.25) is 0 Å². The number of aromatic amines is 1. The van der Waals surface area contributed by atoms with Gasteiger partial charge in [-0.2, -0.15) is 0 Å². The topological polar surface area (TPSA) is 63.8 Å². The van der Waals surface area contributed by atoms with E-state index in [2.05, 4.69) is 4.98 Å². The fourth-order valence-electron chi connectivity index (χ4n) is 2.03. The number of H-pyrrole nitrogens is 1. The largest absolute Gasteiger partial charge is 0.399 e. The summed E-state index contributed by atoms with van der Waals surface area (Å²) in [7, 11) is 0. The summed E-state index contributed by atoms with van der Waals surface area (Å²) < 4.78 is 28.1. The molecule has 0 saturated heterocycles. The fourth-order valence-corrected chi connectivity index (χ4v) is 2.03. The molecule has 3 rings (SSSR count). The third kappa shape index (κ3) is 1.77. The number of hydrogen-bond donors (Lipinski definition) is 2. The van der Waals surface area contributed by atoms with Gasteiger partial charge >= 0.3 is 5.69 Å². The van der Waals surface area contributed by atoms with Crippen LogP contribution in [0.4, 0.5) is 14.5 Å². The lowest BCUT2D eigenvalue weighted by Gasteiger charge is -2.05. The van der Waals surface area contributed by atoms with Gasteiger partial charge in [0.15, 0.2) is 0 Å². The molecule has 0 aliphatic carbocycles. The minimum Gasteiger partial charge on any atom is -0.399 e. The Bertz CT molecular complexity index is 836. The molecule has 0 unspecified atom stereocenters. The molecule has 0 atom stereocenters. The number of fused-ring (bicyclic) bond motifs is 1. The van der Waals surface area contributed by atoms with Crippen LogP contribution >= 0.6 is 0 Å². The number of nitrogens with one attached hydrogen (secondary N) is 1. The highest BCUT2D eigenvalue weighted by atomic mass is 19.1. The van der Waals surface area contributed by atoms with E-state index in [1.54, 1.807) is 18.2 Å². The van der Waals surface area contributed by atoms with Gasteiger partial charge in [-0.15, -0.1) is 0 Å². The number of aromatic nitrogens is 2. The number of imidazole rings is 1. The summed E-state index contributed by atoms with van der Waals surface area (Å²) in [4.78, 5) is 14.4. The van der Waals surface area contributed by atoms with Crippen LogP contribution in [0.1, 0.15) is 0 Å².